The van der Waals surface area contributed by atoms with E-state index in [-0.39, 0.29) is 40.0 Å². The van der Waals surface area contributed by atoms with Gasteiger partial charge in [0.25, 0.3) is 11.5 Å². The lowest BCUT2D eigenvalue weighted by atomic mass is 9.92. The fourth-order valence-electron chi connectivity index (χ4n) is 6.93. The molecule has 9 nitrogen and oxygen atoms in total. The van der Waals surface area contributed by atoms with Crippen LogP contribution in [0.3, 0.4) is 0 Å². The Bertz CT molecular complexity index is 2080. The summed E-state index contributed by atoms with van der Waals surface area (Å²) in [6.45, 7) is 10.2. The van der Waals surface area contributed by atoms with Gasteiger partial charge in [-0.15, -0.1) is 0 Å². The molecule has 1 saturated heterocycles. The second-order valence-corrected chi connectivity index (χ2v) is 12.3. The van der Waals surface area contributed by atoms with Gasteiger partial charge < -0.3 is 15.1 Å². The van der Waals surface area contributed by atoms with Gasteiger partial charge in [0, 0.05) is 48.7 Å². The summed E-state index contributed by atoms with van der Waals surface area (Å²) in [5.41, 5.74) is 2.94. The smallest absolute Gasteiger partial charge is 0.281 e. The number of amides is 1. The first-order valence-corrected chi connectivity index (χ1v) is 14.8. The van der Waals surface area contributed by atoms with Crippen molar-refractivity contribution in [3.8, 4) is 16.8 Å². The largest absolute Gasteiger partial charge is 0.354 e. The van der Waals surface area contributed by atoms with E-state index >= 15 is 8.78 Å². The Morgan fingerprint density at radius 1 is 1.00 bits per heavy atom. The van der Waals surface area contributed by atoms with Crippen LogP contribution in [-0.4, -0.2) is 57.9 Å². The molecule has 3 aromatic heterocycles. The number of carbonyl (C=O) groups is 1. The molecule has 0 unspecified atom stereocenters. The summed E-state index contributed by atoms with van der Waals surface area (Å²) in [4.78, 5) is 36.2. The average molecular weight is 598 g/mol. The van der Waals surface area contributed by atoms with Gasteiger partial charge in [-0.25, -0.2) is 8.78 Å². The molecule has 0 aliphatic carbocycles. The van der Waals surface area contributed by atoms with Crippen LogP contribution < -0.4 is 20.7 Å². The first kappa shape index (κ1) is 28.1. The topological polar surface area (TPSA) is 99.1 Å². The zero-order valence-electron chi connectivity index (χ0n) is 25.4. The van der Waals surface area contributed by atoms with Crippen LogP contribution in [0.25, 0.3) is 38.6 Å². The Morgan fingerprint density at radius 2 is 1.77 bits per heavy atom. The lowest BCUT2D eigenvalue weighted by Crippen LogP contribution is -2.64. The van der Waals surface area contributed by atoms with Crippen molar-refractivity contribution in [2.45, 2.75) is 52.6 Å². The maximum absolute atomic E-state index is 17.5. The summed E-state index contributed by atoms with van der Waals surface area (Å²) in [7, 11) is 1.55. The number of piperazine rings is 1. The van der Waals surface area contributed by atoms with Gasteiger partial charge in [0.05, 0.1) is 39.9 Å². The molecule has 2 aliphatic heterocycles. The van der Waals surface area contributed by atoms with Crippen LogP contribution in [0, 0.1) is 25.5 Å². The van der Waals surface area contributed by atoms with Crippen LogP contribution in [0.4, 0.5) is 20.2 Å². The number of hydrogen-bond acceptors (Lipinski definition) is 6. The third-order valence-corrected chi connectivity index (χ3v) is 9.05. The maximum Gasteiger partial charge on any atom is 0.281 e. The molecule has 5 heterocycles. The molecular weight excluding hydrogens is 564 g/mol. The van der Waals surface area contributed by atoms with Crippen molar-refractivity contribution >= 4 is 39.1 Å². The summed E-state index contributed by atoms with van der Waals surface area (Å²) in [6.07, 6.45) is 3.21. The van der Waals surface area contributed by atoms with Crippen LogP contribution in [0.5, 0.6) is 0 Å². The molecule has 0 bridgehead atoms. The minimum atomic E-state index is -0.867. The van der Waals surface area contributed by atoms with Gasteiger partial charge >= 0.3 is 0 Å². The number of aromatic nitrogens is 4. The Kier molecular flexibility index (Phi) is 6.36. The molecule has 0 saturated carbocycles. The normalized spacial score (nSPS) is 18.4. The molecule has 5 aromatic rings. The van der Waals surface area contributed by atoms with Gasteiger partial charge in [-0.2, -0.15) is 5.10 Å². The molecule has 2 atom stereocenters. The number of aryl methyl sites for hydroxylation is 2. The van der Waals surface area contributed by atoms with Gasteiger partial charge in [-0.05, 0) is 56.0 Å². The van der Waals surface area contributed by atoms with Crippen molar-refractivity contribution in [1.29, 1.82) is 0 Å². The Morgan fingerprint density at radius 3 is 2.52 bits per heavy atom. The molecule has 2 aromatic carbocycles. The highest BCUT2D eigenvalue weighted by atomic mass is 19.1. The van der Waals surface area contributed by atoms with Crippen LogP contribution in [0.2, 0.25) is 0 Å². The van der Waals surface area contributed by atoms with E-state index in [1.807, 2.05) is 38.7 Å². The summed E-state index contributed by atoms with van der Waals surface area (Å²) < 4.78 is 35.4. The van der Waals surface area contributed by atoms with E-state index in [9.17, 15) is 9.59 Å². The van der Waals surface area contributed by atoms with E-state index in [1.165, 1.54) is 15.5 Å². The number of benzene rings is 2. The van der Waals surface area contributed by atoms with E-state index in [0.717, 1.165) is 0 Å². The number of nitrogens with zero attached hydrogens (tertiary/aromatic N) is 5. The first-order valence-electron chi connectivity index (χ1n) is 14.8. The second kappa shape index (κ2) is 9.95. The molecule has 1 amide bonds. The summed E-state index contributed by atoms with van der Waals surface area (Å²) >= 11 is 0. The van der Waals surface area contributed by atoms with Crippen molar-refractivity contribution in [2.75, 3.05) is 29.9 Å². The zero-order chi connectivity index (χ0) is 31.2. The number of nitrogens with one attached hydrogen (secondary N) is 2. The van der Waals surface area contributed by atoms with Gasteiger partial charge in [0.2, 0.25) is 0 Å². The zero-order valence-corrected chi connectivity index (χ0v) is 25.4. The summed E-state index contributed by atoms with van der Waals surface area (Å²) in [6, 6.07) is 6.04. The number of carbonyl (C=O) groups excluding carboxylic acids is 1. The molecule has 226 valence electrons. The number of hydrogen-bond donors (Lipinski definition) is 2. The van der Waals surface area contributed by atoms with E-state index < -0.39 is 23.2 Å². The van der Waals surface area contributed by atoms with Crippen molar-refractivity contribution < 1.29 is 13.6 Å². The lowest BCUT2D eigenvalue weighted by Gasteiger charge is -2.46. The van der Waals surface area contributed by atoms with Crippen molar-refractivity contribution in [2.24, 2.45) is 0 Å². The number of likely N-dealkylation sites (N-methyl/N-ethyl adjacent to an activating group) is 1. The predicted octanol–water partition coefficient (Wildman–Crippen LogP) is 5.09. The van der Waals surface area contributed by atoms with Crippen LogP contribution >= 0.6 is 0 Å². The molecular formula is C33H33F2N7O2. The number of fused-ring (bicyclic) bond motifs is 6. The third-order valence-electron chi connectivity index (χ3n) is 9.05. The van der Waals surface area contributed by atoms with Gasteiger partial charge in [0.15, 0.2) is 5.82 Å². The third kappa shape index (κ3) is 3.84. The highest BCUT2D eigenvalue weighted by Gasteiger charge is 2.43. The summed E-state index contributed by atoms with van der Waals surface area (Å²) in [5.74, 6) is -2.02. The number of rotatable bonds is 3. The second-order valence-electron chi connectivity index (χ2n) is 12.3. The van der Waals surface area contributed by atoms with Crippen molar-refractivity contribution in [3.63, 3.8) is 0 Å². The minimum Gasteiger partial charge on any atom is -0.354 e. The minimum absolute atomic E-state index is 0.0174. The molecule has 0 radical (unpaired) electrons. The lowest BCUT2D eigenvalue weighted by molar-refractivity contribution is -0.120. The first-order chi connectivity index (χ1) is 21.0. The molecule has 2 aliphatic rings. The fraction of sp³-hybridized carbons (Fsp3) is 0.333. The standard InChI is InChI=1S/C33H33F2N7O2/c1-15(2)27-28(17(4)9-10-36-27)42-29-19(30-31(33(42)44)40(6)32(43)23-13-37-18(5)14-41(23)30)11-21(34)25(26(29)35)24-16(3)7-8-22-20(24)12-38-39-22/h7-12,15,18,23,37H,13-14H2,1-6H3,(H,38,39)/t18-,23-/m1/s1. The fourth-order valence-corrected chi connectivity index (χ4v) is 6.93. The number of halogens is 2. The highest BCUT2D eigenvalue weighted by molar-refractivity contribution is 6.13. The van der Waals surface area contributed by atoms with Crippen LogP contribution in [-0.2, 0) is 4.79 Å². The van der Waals surface area contributed by atoms with E-state index in [4.69, 9.17) is 0 Å². The Hall–Kier alpha value is -4.64. The SMILES string of the molecule is Cc1ccnc(C(C)C)c1-n1c(=O)c2c(c3cc(F)c(-c4c(C)ccc5[nH]ncc45)c(F)c31)N1C[C@@H](C)NC[C@@H]1C(=O)N2C. The van der Waals surface area contributed by atoms with Crippen molar-refractivity contribution in [1.82, 2.24) is 25.1 Å². The number of anilines is 2. The highest BCUT2D eigenvalue weighted by Crippen LogP contribution is 2.45. The molecule has 0 spiro atoms. The molecule has 1 fully saturated rings. The van der Waals surface area contributed by atoms with Gasteiger partial charge in [0.1, 0.15) is 17.5 Å². The summed E-state index contributed by atoms with van der Waals surface area (Å²) in [5, 5.41) is 11.1. The predicted molar refractivity (Wildman–Crippen MR) is 168 cm³/mol. The van der Waals surface area contributed by atoms with E-state index in [1.54, 1.807) is 38.5 Å². The Labute approximate surface area is 252 Å². The Balaban J connectivity index is 1.71. The number of H-pyrrole nitrogens is 1. The van der Waals surface area contributed by atoms with Gasteiger partial charge in [-0.3, -0.25) is 24.2 Å². The molecule has 7 rings (SSSR count). The molecule has 2 N–H and O–H groups in total. The quantitative estimate of drug-likeness (QED) is 0.301. The maximum atomic E-state index is 17.5. The monoisotopic (exact) mass is 597 g/mol. The van der Waals surface area contributed by atoms with Crippen molar-refractivity contribution in [3.05, 3.63) is 75.5 Å². The van der Waals surface area contributed by atoms with Gasteiger partial charge in [-0.1, -0.05) is 19.9 Å². The van der Waals surface area contributed by atoms with E-state index in [0.29, 0.717) is 57.8 Å². The van der Waals surface area contributed by atoms with Crippen LogP contribution in [0.1, 0.15) is 43.5 Å². The van der Waals surface area contributed by atoms with E-state index in [2.05, 4.69) is 20.5 Å². The number of aromatic amines is 1. The molecule has 11 heteroatoms. The molecule has 44 heavy (non-hydrogen) atoms. The number of pyridine rings is 2. The average Bonchev–Trinajstić information content (AvgIpc) is 3.46. The van der Waals surface area contributed by atoms with Crippen LogP contribution in [0.15, 0.2) is 41.5 Å².